The number of phenolic OH excluding ortho intramolecular Hbond substituents is 1. The second-order valence-corrected chi connectivity index (χ2v) is 8.37. The van der Waals surface area contributed by atoms with Crippen LogP contribution in [0.2, 0.25) is 0 Å². The fourth-order valence-corrected chi connectivity index (χ4v) is 4.74. The van der Waals surface area contributed by atoms with Crippen LogP contribution < -0.4 is 20.1 Å². The summed E-state index contributed by atoms with van der Waals surface area (Å²) in [6.07, 6.45) is 1.13. The second-order valence-electron chi connectivity index (χ2n) is 8.37. The van der Waals surface area contributed by atoms with E-state index in [-0.39, 0.29) is 17.5 Å². The highest BCUT2D eigenvalue weighted by Gasteiger charge is 2.36. The second kappa shape index (κ2) is 8.54. The smallest absolute Gasteiger partial charge is 0.163 e. The lowest BCUT2D eigenvalue weighted by molar-refractivity contribution is -0.116. The van der Waals surface area contributed by atoms with Gasteiger partial charge in [-0.15, -0.1) is 0 Å². The van der Waals surface area contributed by atoms with E-state index in [4.69, 9.17) is 9.47 Å². The molecule has 2 unspecified atom stereocenters. The monoisotopic (exact) mass is 442 g/mol. The van der Waals surface area contributed by atoms with Crippen molar-refractivity contribution in [1.29, 1.82) is 0 Å². The number of Topliss-reactive ketones (excluding diaryl/α,β-unsaturated/α-hetero) is 1. The molecule has 0 aromatic heterocycles. The first-order valence-corrected chi connectivity index (χ1v) is 11.0. The molecule has 0 radical (unpaired) electrons. The van der Waals surface area contributed by atoms with Crippen LogP contribution in [0.4, 0.5) is 11.4 Å². The molecule has 0 amide bonds. The third kappa shape index (κ3) is 3.89. The van der Waals surface area contributed by atoms with E-state index in [0.717, 1.165) is 33.9 Å². The number of carbonyl (C=O) groups excluding carboxylic acids is 1. The van der Waals surface area contributed by atoms with Gasteiger partial charge < -0.3 is 25.2 Å². The van der Waals surface area contributed by atoms with Crippen molar-refractivity contribution in [3.63, 3.8) is 0 Å². The molecule has 3 N–H and O–H groups in total. The maximum atomic E-state index is 13.6. The van der Waals surface area contributed by atoms with Crippen LogP contribution in [-0.4, -0.2) is 25.1 Å². The van der Waals surface area contributed by atoms with Gasteiger partial charge in [0, 0.05) is 17.7 Å². The third-order valence-electron chi connectivity index (χ3n) is 6.43. The normalized spacial score (nSPS) is 19.5. The van der Waals surface area contributed by atoms with E-state index in [2.05, 4.69) is 10.6 Å². The third-order valence-corrected chi connectivity index (χ3v) is 6.43. The van der Waals surface area contributed by atoms with Crippen LogP contribution in [-0.2, 0) is 4.79 Å². The number of phenols is 1. The first-order chi connectivity index (χ1) is 16.1. The number of aromatic hydroxyl groups is 1. The highest BCUT2D eigenvalue weighted by molar-refractivity contribution is 6.01. The molecule has 5 rings (SSSR count). The Balaban J connectivity index is 1.58. The molecule has 0 bridgehead atoms. The molecular weight excluding hydrogens is 416 g/mol. The Labute approximate surface area is 192 Å². The topological polar surface area (TPSA) is 79.8 Å². The van der Waals surface area contributed by atoms with Gasteiger partial charge in [-0.3, -0.25) is 4.79 Å². The van der Waals surface area contributed by atoms with Gasteiger partial charge in [0.1, 0.15) is 5.75 Å². The lowest BCUT2D eigenvalue weighted by Crippen LogP contribution is -2.26. The maximum absolute atomic E-state index is 13.6. The van der Waals surface area contributed by atoms with Crippen LogP contribution >= 0.6 is 0 Å². The first kappa shape index (κ1) is 20.9. The number of allylic oxidation sites excluding steroid dienone is 1. The predicted octanol–water partition coefficient (Wildman–Crippen LogP) is 5.39. The number of fused-ring (bicyclic) bond motifs is 1. The van der Waals surface area contributed by atoms with Crippen molar-refractivity contribution in [1.82, 2.24) is 0 Å². The van der Waals surface area contributed by atoms with Crippen molar-refractivity contribution in [2.24, 2.45) is 0 Å². The molecule has 2 atom stereocenters. The van der Waals surface area contributed by atoms with Crippen LogP contribution in [0.25, 0.3) is 0 Å². The van der Waals surface area contributed by atoms with Gasteiger partial charge in [-0.05, 0) is 59.9 Å². The van der Waals surface area contributed by atoms with Crippen molar-refractivity contribution in [2.75, 3.05) is 24.9 Å². The fourth-order valence-electron chi connectivity index (χ4n) is 4.74. The SMILES string of the molecule is COc1ccc(C2CC(=O)C3=C(C2)Nc2ccccc2NC3c2ccc(OC)c(O)c2)cc1. The van der Waals surface area contributed by atoms with Gasteiger partial charge in [-0.1, -0.05) is 30.3 Å². The molecule has 1 aliphatic carbocycles. The Bertz CT molecular complexity index is 1230. The number of hydrogen-bond donors (Lipinski definition) is 3. The molecule has 2 aliphatic rings. The number of anilines is 2. The molecule has 168 valence electrons. The summed E-state index contributed by atoms with van der Waals surface area (Å²) in [6, 6.07) is 20.7. The molecule has 1 heterocycles. The molecule has 0 saturated heterocycles. The van der Waals surface area contributed by atoms with Crippen LogP contribution in [0.15, 0.2) is 78.0 Å². The number of para-hydroxylation sites is 2. The van der Waals surface area contributed by atoms with Gasteiger partial charge >= 0.3 is 0 Å². The highest BCUT2D eigenvalue weighted by Crippen LogP contribution is 2.45. The summed E-state index contributed by atoms with van der Waals surface area (Å²) in [5, 5.41) is 17.5. The van der Waals surface area contributed by atoms with E-state index in [0.29, 0.717) is 24.2 Å². The minimum absolute atomic E-state index is 0.0452. The lowest BCUT2D eigenvalue weighted by Gasteiger charge is -2.30. The minimum Gasteiger partial charge on any atom is -0.504 e. The van der Waals surface area contributed by atoms with E-state index in [1.807, 2.05) is 54.6 Å². The molecule has 6 heteroatoms. The summed E-state index contributed by atoms with van der Waals surface area (Å²) in [5.74, 6) is 1.40. The standard InChI is InChI=1S/C27H26N2O4/c1-32-19-10-7-16(8-11-19)18-13-22-26(24(31)15-18)27(17-9-12-25(33-2)23(30)14-17)29-21-6-4-3-5-20(21)28-22/h3-12,14,18,27-30H,13,15H2,1-2H3. The van der Waals surface area contributed by atoms with E-state index >= 15 is 0 Å². The van der Waals surface area contributed by atoms with E-state index < -0.39 is 6.04 Å². The number of nitrogens with one attached hydrogen (secondary N) is 2. The number of methoxy groups -OCH3 is 2. The highest BCUT2D eigenvalue weighted by atomic mass is 16.5. The summed E-state index contributed by atoms with van der Waals surface area (Å²) in [4.78, 5) is 13.6. The molecular formula is C27H26N2O4. The number of ketones is 1. The van der Waals surface area contributed by atoms with Crippen LogP contribution in [0.1, 0.15) is 35.9 Å². The Hall–Kier alpha value is -3.93. The molecule has 0 fully saturated rings. The average molecular weight is 443 g/mol. The summed E-state index contributed by atoms with van der Waals surface area (Å²) in [5.41, 5.74) is 5.36. The van der Waals surface area contributed by atoms with Crippen LogP contribution in [0.5, 0.6) is 17.2 Å². The summed E-state index contributed by atoms with van der Waals surface area (Å²) in [6.45, 7) is 0. The lowest BCUT2D eigenvalue weighted by atomic mass is 9.78. The first-order valence-electron chi connectivity index (χ1n) is 11.0. The Morgan fingerprint density at radius 3 is 2.30 bits per heavy atom. The van der Waals surface area contributed by atoms with Gasteiger partial charge in [0.25, 0.3) is 0 Å². The van der Waals surface area contributed by atoms with Crippen LogP contribution in [0, 0.1) is 0 Å². The Kier molecular flexibility index (Phi) is 5.42. The summed E-state index contributed by atoms with van der Waals surface area (Å²) >= 11 is 0. The largest absolute Gasteiger partial charge is 0.504 e. The summed E-state index contributed by atoms with van der Waals surface area (Å²) < 4.78 is 10.5. The molecule has 0 spiro atoms. The fraction of sp³-hybridized carbons (Fsp3) is 0.222. The van der Waals surface area contributed by atoms with E-state index in [9.17, 15) is 9.90 Å². The maximum Gasteiger partial charge on any atom is 0.163 e. The molecule has 3 aromatic rings. The molecule has 3 aromatic carbocycles. The van der Waals surface area contributed by atoms with Crippen molar-refractivity contribution in [2.45, 2.75) is 24.8 Å². The number of benzene rings is 3. The molecule has 0 saturated carbocycles. The number of ether oxygens (including phenoxy) is 2. The van der Waals surface area contributed by atoms with Crippen molar-refractivity contribution in [3.05, 3.63) is 89.1 Å². The number of rotatable bonds is 4. The minimum atomic E-state index is -0.391. The molecule has 33 heavy (non-hydrogen) atoms. The Morgan fingerprint density at radius 1 is 0.879 bits per heavy atom. The average Bonchev–Trinajstić information content (AvgIpc) is 3.01. The Morgan fingerprint density at radius 2 is 1.61 bits per heavy atom. The zero-order valence-electron chi connectivity index (χ0n) is 18.6. The zero-order chi connectivity index (χ0) is 22.9. The molecule has 6 nitrogen and oxygen atoms in total. The zero-order valence-corrected chi connectivity index (χ0v) is 18.6. The van der Waals surface area contributed by atoms with Crippen molar-refractivity contribution < 1.29 is 19.4 Å². The van der Waals surface area contributed by atoms with E-state index in [1.165, 1.54) is 7.11 Å². The van der Waals surface area contributed by atoms with Crippen molar-refractivity contribution >= 4 is 17.2 Å². The van der Waals surface area contributed by atoms with Gasteiger partial charge in [0.15, 0.2) is 17.3 Å². The van der Waals surface area contributed by atoms with Gasteiger partial charge in [-0.2, -0.15) is 0 Å². The van der Waals surface area contributed by atoms with Gasteiger partial charge in [0.2, 0.25) is 0 Å². The quantitative estimate of drug-likeness (QED) is 0.503. The molecule has 1 aliphatic heterocycles. The van der Waals surface area contributed by atoms with E-state index in [1.54, 1.807) is 19.2 Å². The van der Waals surface area contributed by atoms with Crippen LogP contribution in [0.3, 0.4) is 0 Å². The van der Waals surface area contributed by atoms with Gasteiger partial charge in [0.05, 0.1) is 31.6 Å². The summed E-state index contributed by atoms with van der Waals surface area (Å²) in [7, 11) is 3.16. The van der Waals surface area contributed by atoms with Crippen molar-refractivity contribution in [3.8, 4) is 17.2 Å². The number of hydrogen-bond acceptors (Lipinski definition) is 6. The number of carbonyl (C=O) groups is 1. The predicted molar refractivity (Wildman–Crippen MR) is 128 cm³/mol. The van der Waals surface area contributed by atoms with Gasteiger partial charge in [-0.25, -0.2) is 0 Å².